The number of hydrogen-bond donors (Lipinski definition) is 1. The van der Waals surface area contributed by atoms with E-state index >= 15 is 0 Å². The second-order valence-electron chi connectivity index (χ2n) is 6.82. The van der Waals surface area contributed by atoms with E-state index in [1.165, 1.54) is 6.07 Å². The number of thioether (sulfide) groups is 1. The van der Waals surface area contributed by atoms with E-state index < -0.39 is 45.2 Å². The molecule has 0 aliphatic rings. The number of alkyl halides is 3. The number of carbonyl (C=O) groups excluding carboxylic acids is 1. The summed E-state index contributed by atoms with van der Waals surface area (Å²) in [7, 11) is 0. The number of nitrogens with zero attached hydrogens (tertiary/aromatic N) is 1. The summed E-state index contributed by atoms with van der Waals surface area (Å²) in [5, 5.41) is 0. The minimum atomic E-state index is -4.59. The highest BCUT2D eigenvalue weighted by Gasteiger charge is 2.31. The molecule has 1 N–H and O–H groups in total. The number of H-pyrrole nitrogens is 1. The Bertz CT molecular complexity index is 1130. The molecule has 3 aromatic rings. The Hall–Kier alpha value is -2.94. The molecule has 1 heterocycles. The van der Waals surface area contributed by atoms with Crippen molar-refractivity contribution in [3.63, 3.8) is 0 Å². The molecule has 1 atom stereocenters. The average Bonchev–Trinajstić information content (AvgIpc) is 2.72. The molecular weight excluding hydrogens is 432 g/mol. The highest BCUT2D eigenvalue weighted by atomic mass is 32.2. The van der Waals surface area contributed by atoms with E-state index in [1.807, 2.05) is 0 Å². The molecule has 162 valence electrons. The van der Waals surface area contributed by atoms with Gasteiger partial charge in [-0.25, -0.2) is 9.37 Å². The Kier molecular flexibility index (Phi) is 6.94. The predicted molar refractivity (Wildman–Crippen MR) is 111 cm³/mol. The van der Waals surface area contributed by atoms with Crippen molar-refractivity contribution in [2.24, 2.45) is 0 Å². The van der Waals surface area contributed by atoms with Gasteiger partial charge in [-0.1, -0.05) is 43.3 Å². The van der Waals surface area contributed by atoms with Crippen LogP contribution in [0.25, 0.3) is 11.4 Å². The zero-order chi connectivity index (χ0) is 22.6. The quantitative estimate of drug-likeness (QED) is 0.274. The van der Waals surface area contributed by atoms with Gasteiger partial charge in [0.05, 0.1) is 4.90 Å². The van der Waals surface area contributed by atoms with Crippen LogP contribution in [-0.4, -0.2) is 21.3 Å². The topological polar surface area (TPSA) is 62.8 Å². The molecule has 0 radical (unpaired) electrons. The van der Waals surface area contributed by atoms with Crippen LogP contribution in [0.1, 0.15) is 41.7 Å². The number of carbonyl (C=O) groups is 1. The molecular formula is C22H18F4N2O2S. The Morgan fingerprint density at radius 1 is 1.13 bits per heavy atom. The lowest BCUT2D eigenvalue weighted by Gasteiger charge is -2.16. The van der Waals surface area contributed by atoms with Crippen LogP contribution in [0.3, 0.4) is 0 Å². The summed E-state index contributed by atoms with van der Waals surface area (Å²) in [6.07, 6.45) is 0.387. The molecule has 4 nitrogen and oxygen atoms in total. The zero-order valence-corrected chi connectivity index (χ0v) is 17.2. The van der Waals surface area contributed by atoms with Crippen LogP contribution in [-0.2, 0) is 0 Å². The van der Waals surface area contributed by atoms with E-state index in [4.69, 9.17) is 0 Å². The van der Waals surface area contributed by atoms with Crippen LogP contribution in [0.5, 0.6) is 0 Å². The summed E-state index contributed by atoms with van der Waals surface area (Å²) in [5.41, 5.74) is -4.05. The van der Waals surface area contributed by atoms with Crippen LogP contribution >= 0.6 is 11.8 Å². The maximum Gasteiger partial charge on any atom is 0.446 e. The minimum absolute atomic E-state index is 0.0224. The number of Topliss-reactive ketones (excluding diaryl/α,β-unsaturated/α-hetero) is 1. The van der Waals surface area contributed by atoms with E-state index in [9.17, 15) is 27.2 Å². The van der Waals surface area contributed by atoms with Gasteiger partial charge in [0.15, 0.2) is 5.78 Å². The molecule has 0 spiro atoms. The van der Waals surface area contributed by atoms with Crippen LogP contribution in [0, 0.1) is 5.82 Å². The van der Waals surface area contributed by atoms with Gasteiger partial charge in [0.2, 0.25) is 0 Å². The highest BCUT2D eigenvalue weighted by molar-refractivity contribution is 8.00. The van der Waals surface area contributed by atoms with Crippen LogP contribution in [0.15, 0.2) is 64.3 Å². The summed E-state index contributed by atoms with van der Waals surface area (Å²) < 4.78 is 51.7. The number of halogens is 4. The van der Waals surface area contributed by atoms with E-state index in [0.717, 1.165) is 18.2 Å². The van der Waals surface area contributed by atoms with Crippen molar-refractivity contribution in [2.75, 3.05) is 0 Å². The first-order chi connectivity index (χ1) is 14.7. The van der Waals surface area contributed by atoms with Crippen molar-refractivity contribution in [1.29, 1.82) is 0 Å². The second kappa shape index (κ2) is 9.47. The summed E-state index contributed by atoms with van der Waals surface area (Å²) in [6, 6.07) is 13.4. The van der Waals surface area contributed by atoms with Crippen molar-refractivity contribution in [2.45, 2.75) is 36.1 Å². The van der Waals surface area contributed by atoms with Gasteiger partial charge in [-0.05, 0) is 41.8 Å². The number of ketones is 1. The third-order valence-corrected chi connectivity index (χ3v) is 5.43. The van der Waals surface area contributed by atoms with Gasteiger partial charge < -0.3 is 4.98 Å². The average molecular weight is 450 g/mol. The summed E-state index contributed by atoms with van der Waals surface area (Å²) >= 11 is -0.523. The molecule has 31 heavy (non-hydrogen) atoms. The predicted octanol–water partition coefficient (Wildman–Crippen LogP) is 5.95. The molecule has 0 saturated heterocycles. The first kappa shape index (κ1) is 22.7. The molecule has 0 aliphatic carbocycles. The molecule has 0 bridgehead atoms. The number of rotatable bonds is 7. The number of nitrogens with one attached hydrogen (secondary N) is 1. The molecule has 0 aliphatic heterocycles. The fraction of sp³-hybridized carbons (Fsp3) is 0.227. The molecule has 0 saturated carbocycles. The highest BCUT2D eigenvalue weighted by Crippen LogP contribution is 2.39. The van der Waals surface area contributed by atoms with E-state index in [1.54, 1.807) is 37.3 Å². The normalized spacial score (nSPS) is 12.5. The molecule has 9 heteroatoms. The number of hydrogen-bond acceptors (Lipinski definition) is 4. The summed E-state index contributed by atoms with van der Waals surface area (Å²) in [4.78, 5) is 31.1. The third-order valence-electron chi connectivity index (χ3n) is 4.65. The Labute approximate surface area is 179 Å². The smallest absolute Gasteiger partial charge is 0.306 e. The third kappa shape index (κ3) is 6.04. The zero-order valence-electron chi connectivity index (χ0n) is 16.4. The van der Waals surface area contributed by atoms with Gasteiger partial charge in [0.1, 0.15) is 17.3 Å². The minimum Gasteiger partial charge on any atom is -0.306 e. The summed E-state index contributed by atoms with van der Waals surface area (Å²) in [6.45, 7) is 1.79. The van der Waals surface area contributed by atoms with Gasteiger partial charge >= 0.3 is 5.51 Å². The lowest BCUT2D eigenvalue weighted by molar-refractivity contribution is -0.0329. The lowest BCUT2D eigenvalue weighted by atomic mass is 9.90. The molecule has 0 amide bonds. The van der Waals surface area contributed by atoms with Crippen molar-refractivity contribution in [1.82, 2.24) is 9.97 Å². The van der Waals surface area contributed by atoms with Gasteiger partial charge in [0, 0.05) is 18.1 Å². The SMILES string of the molecule is CC[C@@H](CC(=O)c1cc(=O)[nH]c(-c2ccccc2)n1)c1ccc(SC(F)(F)F)c(F)c1. The van der Waals surface area contributed by atoms with Gasteiger partial charge in [-0.15, -0.1) is 0 Å². The van der Waals surface area contributed by atoms with Gasteiger partial charge in [-0.3, -0.25) is 9.59 Å². The first-order valence-corrected chi connectivity index (χ1v) is 10.2. The first-order valence-electron chi connectivity index (χ1n) is 9.41. The fourth-order valence-corrected chi connectivity index (χ4v) is 3.68. The molecule has 0 unspecified atom stereocenters. The molecule has 2 aromatic carbocycles. The fourth-order valence-electron chi connectivity index (χ4n) is 3.14. The maximum atomic E-state index is 14.2. The monoisotopic (exact) mass is 450 g/mol. The van der Waals surface area contributed by atoms with Crippen LogP contribution < -0.4 is 5.56 Å². The van der Waals surface area contributed by atoms with E-state index in [2.05, 4.69) is 9.97 Å². The van der Waals surface area contributed by atoms with Gasteiger partial charge in [-0.2, -0.15) is 13.2 Å². The largest absolute Gasteiger partial charge is 0.446 e. The lowest BCUT2D eigenvalue weighted by Crippen LogP contribution is -2.16. The van der Waals surface area contributed by atoms with Crippen molar-refractivity contribution < 1.29 is 22.4 Å². The van der Waals surface area contributed by atoms with Crippen LogP contribution in [0.4, 0.5) is 17.6 Å². The van der Waals surface area contributed by atoms with Crippen molar-refractivity contribution >= 4 is 17.5 Å². The maximum absolute atomic E-state index is 14.2. The summed E-state index contributed by atoms with van der Waals surface area (Å²) in [5.74, 6) is -1.59. The van der Waals surface area contributed by atoms with Gasteiger partial charge in [0.25, 0.3) is 5.56 Å². The number of benzene rings is 2. The van der Waals surface area contributed by atoms with Crippen LogP contribution in [0.2, 0.25) is 0 Å². The molecule has 0 fully saturated rings. The Morgan fingerprint density at radius 2 is 1.84 bits per heavy atom. The van der Waals surface area contributed by atoms with Crippen molar-refractivity contribution in [3.05, 3.63) is 82.0 Å². The second-order valence-corrected chi connectivity index (χ2v) is 7.92. The Morgan fingerprint density at radius 3 is 2.45 bits per heavy atom. The molecule has 1 aromatic heterocycles. The number of aromatic amines is 1. The van der Waals surface area contributed by atoms with E-state index in [0.29, 0.717) is 17.5 Å². The molecule has 3 rings (SSSR count). The number of aromatic nitrogens is 2. The van der Waals surface area contributed by atoms with E-state index in [-0.39, 0.29) is 17.9 Å². The Balaban J connectivity index is 1.83. The standard InChI is InChI=1S/C22H18F4N2O2S/c1-2-13(15-8-9-19(16(23)10-15)31-22(24,25)26)11-18(29)17-12-20(30)28-21(27-17)14-6-4-3-5-7-14/h3-10,12-13H,2,11H2,1H3,(H,27,28,30)/t13-/m0/s1. The van der Waals surface area contributed by atoms with Crippen molar-refractivity contribution in [3.8, 4) is 11.4 Å².